The zero-order valence-electron chi connectivity index (χ0n) is 13.7. The number of carbonyl (C=O) groups is 1. The van der Waals surface area contributed by atoms with Gasteiger partial charge in [0.05, 0.1) is 0 Å². The summed E-state index contributed by atoms with van der Waals surface area (Å²) in [4.78, 5) is 12.4. The predicted molar refractivity (Wildman–Crippen MR) is 88.5 cm³/mol. The van der Waals surface area contributed by atoms with Crippen molar-refractivity contribution < 1.29 is 9.53 Å². The zero-order chi connectivity index (χ0) is 16.3. The summed E-state index contributed by atoms with van der Waals surface area (Å²) < 4.78 is 7.14. The van der Waals surface area contributed by atoms with Crippen LogP contribution in [-0.4, -0.2) is 35.4 Å². The molecule has 0 atom stereocenters. The van der Waals surface area contributed by atoms with Crippen LogP contribution in [0.1, 0.15) is 34.5 Å². The molecule has 5 heteroatoms. The van der Waals surface area contributed by atoms with Crippen molar-refractivity contribution in [3.05, 3.63) is 53.3 Å². The van der Waals surface area contributed by atoms with Gasteiger partial charge in [0.1, 0.15) is 5.69 Å². The number of carbonyl (C=O) groups excluding carboxylic acids is 1. The highest BCUT2D eigenvalue weighted by Gasteiger charge is 2.35. The first-order valence-electron chi connectivity index (χ1n) is 8.02. The fourth-order valence-electron chi connectivity index (χ4n) is 3.17. The first-order chi connectivity index (χ1) is 11.1. The lowest BCUT2D eigenvalue weighted by Gasteiger charge is -2.38. The lowest BCUT2D eigenvalue weighted by molar-refractivity contribution is 0.0486. The minimum Gasteiger partial charge on any atom is -0.381 e. The van der Waals surface area contributed by atoms with Gasteiger partial charge in [-0.05, 0) is 31.4 Å². The number of aryl methyl sites for hydroxylation is 2. The van der Waals surface area contributed by atoms with E-state index in [1.807, 2.05) is 0 Å². The van der Waals surface area contributed by atoms with Gasteiger partial charge in [0.15, 0.2) is 0 Å². The Labute approximate surface area is 136 Å². The fraction of sp³-hybridized carbons (Fsp3) is 0.444. The topological polar surface area (TPSA) is 56.2 Å². The van der Waals surface area contributed by atoms with Crippen molar-refractivity contribution >= 4 is 5.91 Å². The van der Waals surface area contributed by atoms with Gasteiger partial charge in [-0.3, -0.25) is 9.48 Å². The lowest BCUT2D eigenvalue weighted by Crippen LogP contribution is -2.44. The lowest BCUT2D eigenvalue weighted by atomic mass is 9.74. The molecule has 1 aromatic heterocycles. The number of nitrogens with one attached hydrogen (secondary N) is 1. The third-order valence-electron chi connectivity index (χ3n) is 4.75. The highest BCUT2D eigenvalue weighted by atomic mass is 16.5. The average molecular weight is 313 g/mol. The summed E-state index contributed by atoms with van der Waals surface area (Å²) in [6.45, 7) is 4.17. The van der Waals surface area contributed by atoms with Crippen molar-refractivity contribution in [3.63, 3.8) is 0 Å². The predicted octanol–water partition coefficient (Wildman–Crippen LogP) is 2.21. The van der Waals surface area contributed by atoms with Crippen LogP contribution in [0.2, 0.25) is 0 Å². The number of ether oxygens (including phenoxy) is 1. The van der Waals surface area contributed by atoms with E-state index in [9.17, 15) is 4.79 Å². The molecule has 1 fully saturated rings. The van der Waals surface area contributed by atoms with Crippen LogP contribution in [0.3, 0.4) is 0 Å². The Morgan fingerprint density at radius 1 is 1.26 bits per heavy atom. The molecule has 3 rings (SSSR count). The number of benzene rings is 1. The molecule has 0 unspecified atom stereocenters. The first-order valence-corrected chi connectivity index (χ1v) is 8.02. The van der Waals surface area contributed by atoms with Crippen LogP contribution in [0.4, 0.5) is 0 Å². The molecule has 1 N–H and O–H groups in total. The molecule has 1 amide bonds. The van der Waals surface area contributed by atoms with Crippen LogP contribution in [0.15, 0.2) is 36.5 Å². The van der Waals surface area contributed by atoms with Crippen molar-refractivity contribution in [1.82, 2.24) is 15.1 Å². The highest BCUT2D eigenvalue weighted by molar-refractivity contribution is 5.92. The van der Waals surface area contributed by atoms with Crippen molar-refractivity contribution in [1.29, 1.82) is 0 Å². The van der Waals surface area contributed by atoms with E-state index in [1.165, 1.54) is 11.1 Å². The minimum atomic E-state index is -0.0806. The van der Waals surface area contributed by atoms with Crippen LogP contribution in [0, 0.1) is 6.92 Å². The van der Waals surface area contributed by atoms with E-state index in [0.29, 0.717) is 12.2 Å². The molecule has 1 aliphatic rings. The standard InChI is InChI=1S/C18H23N3O2/c1-14-3-5-15(6-4-14)18(8-11-23-12-9-18)13-19-17(22)16-7-10-20-21(16)2/h3-7,10H,8-9,11-13H2,1-2H3,(H,19,22). The fourth-order valence-corrected chi connectivity index (χ4v) is 3.17. The molecule has 0 aliphatic carbocycles. The molecule has 1 aliphatic heterocycles. The summed E-state index contributed by atoms with van der Waals surface area (Å²) in [5, 5.41) is 7.15. The molecule has 0 bridgehead atoms. The van der Waals surface area contributed by atoms with Gasteiger partial charge >= 0.3 is 0 Å². The van der Waals surface area contributed by atoms with Crippen molar-refractivity contribution in [2.75, 3.05) is 19.8 Å². The summed E-state index contributed by atoms with van der Waals surface area (Å²) in [7, 11) is 1.78. The second kappa shape index (κ2) is 6.54. The zero-order valence-corrected chi connectivity index (χ0v) is 13.7. The third-order valence-corrected chi connectivity index (χ3v) is 4.75. The number of nitrogens with zero attached hydrogens (tertiary/aromatic N) is 2. The molecular weight excluding hydrogens is 290 g/mol. The summed E-state index contributed by atoms with van der Waals surface area (Å²) in [5.41, 5.74) is 3.04. The van der Waals surface area contributed by atoms with Gasteiger partial charge in [-0.1, -0.05) is 29.8 Å². The number of hydrogen-bond acceptors (Lipinski definition) is 3. The molecule has 1 saturated heterocycles. The Balaban J connectivity index is 1.78. The first kappa shape index (κ1) is 15.7. The molecular formula is C18H23N3O2. The van der Waals surface area contributed by atoms with Crippen LogP contribution in [-0.2, 0) is 17.2 Å². The third kappa shape index (κ3) is 3.29. The number of rotatable bonds is 4. The Hall–Kier alpha value is -2.14. The molecule has 0 spiro atoms. The SMILES string of the molecule is Cc1ccc(C2(CNC(=O)c3ccnn3C)CCOCC2)cc1. The maximum absolute atomic E-state index is 12.4. The van der Waals surface area contributed by atoms with Gasteiger partial charge in [-0.15, -0.1) is 0 Å². The van der Waals surface area contributed by atoms with E-state index in [-0.39, 0.29) is 11.3 Å². The van der Waals surface area contributed by atoms with E-state index >= 15 is 0 Å². The largest absolute Gasteiger partial charge is 0.381 e. The molecule has 0 radical (unpaired) electrons. The number of amides is 1. The minimum absolute atomic E-state index is 0.0554. The van der Waals surface area contributed by atoms with Gasteiger partial charge in [0.25, 0.3) is 5.91 Å². The summed E-state index contributed by atoms with van der Waals surface area (Å²) in [5.74, 6) is -0.0806. The highest BCUT2D eigenvalue weighted by Crippen LogP contribution is 2.34. The van der Waals surface area contributed by atoms with Gasteiger partial charge in [-0.2, -0.15) is 5.10 Å². The maximum atomic E-state index is 12.4. The molecule has 122 valence electrons. The molecule has 1 aromatic carbocycles. The second-order valence-corrected chi connectivity index (χ2v) is 6.28. The van der Waals surface area contributed by atoms with E-state index in [4.69, 9.17) is 4.74 Å². The Bertz CT molecular complexity index is 670. The molecule has 2 heterocycles. The Kier molecular flexibility index (Phi) is 4.48. The Morgan fingerprint density at radius 3 is 2.57 bits per heavy atom. The van der Waals surface area contributed by atoms with Crippen LogP contribution < -0.4 is 5.32 Å². The smallest absolute Gasteiger partial charge is 0.269 e. The van der Waals surface area contributed by atoms with Gasteiger partial charge in [0, 0.05) is 38.4 Å². The van der Waals surface area contributed by atoms with Gasteiger partial charge < -0.3 is 10.1 Å². The summed E-state index contributed by atoms with van der Waals surface area (Å²) in [6.07, 6.45) is 3.47. The van der Waals surface area contributed by atoms with E-state index in [2.05, 4.69) is 41.6 Å². The number of hydrogen-bond donors (Lipinski definition) is 1. The molecule has 5 nitrogen and oxygen atoms in total. The average Bonchev–Trinajstić information content (AvgIpc) is 3.00. The van der Waals surface area contributed by atoms with Crippen LogP contribution in [0.5, 0.6) is 0 Å². The van der Waals surface area contributed by atoms with Crippen LogP contribution in [0.25, 0.3) is 0 Å². The summed E-state index contributed by atoms with van der Waals surface area (Å²) >= 11 is 0. The second-order valence-electron chi connectivity index (χ2n) is 6.28. The van der Waals surface area contributed by atoms with E-state index < -0.39 is 0 Å². The van der Waals surface area contributed by atoms with Gasteiger partial charge in [-0.25, -0.2) is 0 Å². The molecule has 23 heavy (non-hydrogen) atoms. The van der Waals surface area contributed by atoms with Crippen molar-refractivity contribution in [2.45, 2.75) is 25.2 Å². The van der Waals surface area contributed by atoms with E-state index in [1.54, 1.807) is 24.0 Å². The van der Waals surface area contributed by atoms with E-state index in [0.717, 1.165) is 26.1 Å². The number of aromatic nitrogens is 2. The quantitative estimate of drug-likeness (QED) is 0.941. The monoisotopic (exact) mass is 313 g/mol. The normalized spacial score (nSPS) is 17.0. The van der Waals surface area contributed by atoms with Gasteiger partial charge in [0.2, 0.25) is 0 Å². The van der Waals surface area contributed by atoms with Crippen molar-refractivity contribution in [2.24, 2.45) is 7.05 Å². The summed E-state index contributed by atoms with van der Waals surface area (Å²) in [6, 6.07) is 10.4. The Morgan fingerprint density at radius 2 is 1.96 bits per heavy atom. The van der Waals surface area contributed by atoms with Crippen molar-refractivity contribution in [3.8, 4) is 0 Å². The molecule has 0 saturated carbocycles. The van der Waals surface area contributed by atoms with Crippen LogP contribution >= 0.6 is 0 Å². The molecule has 2 aromatic rings. The maximum Gasteiger partial charge on any atom is 0.269 e.